The van der Waals surface area contributed by atoms with Gasteiger partial charge in [-0.05, 0) is 31.9 Å². The molecular weight excluding hydrogens is 368 g/mol. The molecule has 0 aliphatic heterocycles. The first-order valence-corrected chi connectivity index (χ1v) is 9.92. The van der Waals surface area contributed by atoms with E-state index in [0.717, 1.165) is 27.1 Å². The summed E-state index contributed by atoms with van der Waals surface area (Å²) in [7, 11) is 0. The van der Waals surface area contributed by atoms with Crippen molar-refractivity contribution in [3.63, 3.8) is 0 Å². The van der Waals surface area contributed by atoms with E-state index in [1.807, 2.05) is 69.3 Å². The van der Waals surface area contributed by atoms with Crippen LogP contribution in [0.2, 0.25) is 0 Å². The van der Waals surface area contributed by atoms with Crippen LogP contribution in [0.3, 0.4) is 0 Å². The lowest BCUT2D eigenvalue weighted by atomic mass is 10.0. The molecule has 0 fully saturated rings. The summed E-state index contributed by atoms with van der Waals surface area (Å²) in [6.45, 7) is 5.89. The molecule has 4 nitrogen and oxygen atoms in total. The molecule has 0 amide bonds. The van der Waals surface area contributed by atoms with E-state index < -0.39 is 0 Å². The molecule has 0 atom stereocenters. The van der Waals surface area contributed by atoms with Crippen LogP contribution < -0.4 is 5.56 Å². The second kappa shape index (κ2) is 7.17. The lowest BCUT2D eigenvalue weighted by molar-refractivity contribution is 0.0970. The fraction of sp³-hybridized carbons (Fsp3) is 0.174. The highest BCUT2D eigenvalue weighted by molar-refractivity contribution is 7.19. The Morgan fingerprint density at radius 3 is 2.54 bits per heavy atom. The van der Waals surface area contributed by atoms with Crippen LogP contribution in [0.4, 0.5) is 0 Å². The van der Waals surface area contributed by atoms with Crippen LogP contribution in [-0.4, -0.2) is 15.3 Å². The van der Waals surface area contributed by atoms with Gasteiger partial charge in [-0.3, -0.25) is 14.2 Å². The zero-order valence-corrected chi connectivity index (χ0v) is 16.8. The molecule has 0 bridgehead atoms. The average molecular weight is 388 g/mol. The minimum absolute atomic E-state index is 0.0190. The van der Waals surface area contributed by atoms with Crippen LogP contribution in [0.1, 0.15) is 26.4 Å². The van der Waals surface area contributed by atoms with E-state index in [1.165, 1.54) is 22.2 Å². The van der Waals surface area contributed by atoms with Crippen LogP contribution >= 0.6 is 11.3 Å². The minimum Gasteiger partial charge on any atom is -0.292 e. The van der Waals surface area contributed by atoms with Gasteiger partial charge in [0, 0.05) is 16.0 Å². The first-order chi connectivity index (χ1) is 13.5. The molecule has 2 heterocycles. The summed E-state index contributed by atoms with van der Waals surface area (Å²) >= 11 is 1.51. The number of rotatable bonds is 4. The molecule has 0 aliphatic carbocycles. The van der Waals surface area contributed by atoms with Crippen molar-refractivity contribution >= 4 is 27.3 Å². The van der Waals surface area contributed by atoms with Gasteiger partial charge in [-0.1, -0.05) is 54.1 Å². The zero-order valence-electron chi connectivity index (χ0n) is 16.0. The number of thiophene rings is 1. The lowest BCUT2D eigenvalue weighted by Crippen LogP contribution is -2.25. The first kappa shape index (κ1) is 18.3. The van der Waals surface area contributed by atoms with Crippen molar-refractivity contribution in [3.8, 4) is 11.1 Å². The lowest BCUT2D eigenvalue weighted by Gasteiger charge is -2.09. The van der Waals surface area contributed by atoms with Crippen molar-refractivity contribution in [1.29, 1.82) is 0 Å². The summed E-state index contributed by atoms with van der Waals surface area (Å²) in [6, 6.07) is 15.6. The third-order valence-corrected chi connectivity index (χ3v) is 5.93. The predicted molar refractivity (Wildman–Crippen MR) is 114 cm³/mol. The summed E-state index contributed by atoms with van der Waals surface area (Å²) in [5, 5.41) is 0.588. The summed E-state index contributed by atoms with van der Waals surface area (Å²) in [4.78, 5) is 32.2. The molecule has 0 spiro atoms. The van der Waals surface area contributed by atoms with Gasteiger partial charge in [-0.15, -0.1) is 11.3 Å². The monoisotopic (exact) mass is 388 g/mol. The quantitative estimate of drug-likeness (QED) is 0.466. The van der Waals surface area contributed by atoms with Crippen molar-refractivity contribution in [2.75, 3.05) is 0 Å². The van der Waals surface area contributed by atoms with Gasteiger partial charge in [0.05, 0.1) is 18.3 Å². The number of carbonyl (C=O) groups excluding carboxylic acids is 1. The molecule has 0 radical (unpaired) electrons. The van der Waals surface area contributed by atoms with Gasteiger partial charge in [0.15, 0.2) is 5.78 Å². The SMILES string of the molecule is Cc1ccc(C(=O)Cn2cnc3sc(C)c(-c4ccccc4)c3c2=O)c(C)c1. The van der Waals surface area contributed by atoms with Crippen LogP contribution in [0.5, 0.6) is 0 Å². The maximum atomic E-state index is 13.2. The average Bonchev–Trinajstić information content (AvgIpc) is 3.01. The van der Waals surface area contributed by atoms with Gasteiger partial charge in [-0.2, -0.15) is 0 Å². The Morgan fingerprint density at radius 1 is 1.07 bits per heavy atom. The predicted octanol–water partition coefficient (Wildman–Crippen LogP) is 4.93. The molecule has 0 N–H and O–H groups in total. The van der Waals surface area contributed by atoms with Crippen molar-refractivity contribution in [3.05, 3.63) is 86.8 Å². The van der Waals surface area contributed by atoms with E-state index >= 15 is 0 Å². The molecule has 2 aromatic carbocycles. The number of ketones is 1. The molecule has 0 saturated heterocycles. The molecule has 2 aromatic heterocycles. The Kier molecular flexibility index (Phi) is 4.69. The molecule has 0 saturated carbocycles. The minimum atomic E-state index is -0.175. The van der Waals surface area contributed by atoms with E-state index in [1.54, 1.807) is 0 Å². The second-order valence-electron chi connectivity index (χ2n) is 7.00. The fourth-order valence-corrected chi connectivity index (χ4v) is 4.57. The van der Waals surface area contributed by atoms with E-state index in [9.17, 15) is 9.59 Å². The number of Topliss-reactive ketones (excluding diaryl/α,β-unsaturated/α-hetero) is 1. The first-order valence-electron chi connectivity index (χ1n) is 9.10. The number of aryl methyl sites for hydroxylation is 3. The highest BCUT2D eigenvalue weighted by atomic mass is 32.1. The number of fused-ring (bicyclic) bond motifs is 1. The van der Waals surface area contributed by atoms with Gasteiger partial charge in [-0.25, -0.2) is 4.98 Å². The van der Waals surface area contributed by atoms with Gasteiger partial charge < -0.3 is 0 Å². The molecule has 0 unspecified atom stereocenters. The van der Waals surface area contributed by atoms with Gasteiger partial charge in [0.1, 0.15) is 4.83 Å². The van der Waals surface area contributed by atoms with Gasteiger partial charge >= 0.3 is 0 Å². The summed E-state index contributed by atoms with van der Waals surface area (Å²) in [6.07, 6.45) is 1.48. The van der Waals surface area contributed by atoms with E-state index in [-0.39, 0.29) is 17.9 Å². The Hall–Kier alpha value is -3.05. The Bertz CT molecular complexity index is 1250. The van der Waals surface area contributed by atoms with Gasteiger partial charge in [0.2, 0.25) is 0 Å². The van der Waals surface area contributed by atoms with Crippen molar-refractivity contribution < 1.29 is 4.79 Å². The number of nitrogens with zero attached hydrogens (tertiary/aromatic N) is 2. The molecule has 0 aliphatic rings. The standard InChI is InChI=1S/C23H20N2O2S/c1-14-9-10-18(15(2)11-14)19(26)12-25-13-24-22-21(23(25)27)20(16(3)28-22)17-7-5-4-6-8-17/h4-11,13H,12H2,1-3H3. The van der Waals surface area contributed by atoms with E-state index in [0.29, 0.717) is 15.8 Å². The maximum absolute atomic E-state index is 13.2. The molecule has 28 heavy (non-hydrogen) atoms. The number of hydrogen-bond donors (Lipinski definition) is 0. The topological polar surface area (TPSA) is 52.0 Å². The van der Waals surface area contributed by atoms with Crippen molar-refractivity contribution in [2.45, 2.75) is 27.3 Å². The molecule has 4 rings (SSSR count). The summed E-state index contributed by atoms with van der Waals surface area (Å²) in [5.74, 6) is -0.0889. The highest BCUT2D eigenvalue weighted by Crippen LogP contribution is 2.35. The Morgan fingerprint density at radius 2 is 1.82 bits per heavy atom. The van der Waals surface area contributed by atoms with Crippen LogP contribution in [0, 0.1) is 20.8 Å². The van der Waals surface area contributed by atoms with Crippen LogP contribution in [0.25, 0.3) is 21.3 Å². The van der Waals surface area contributed by atoms with Gasteiger partial charge in [0.25, 0.3) is 5.56 Å². The maximum Gasteiger partial charge on any atom is 0.263 e. The summed E-state index contributed by atoms with van der Waals surface area (Å²) in [5.41, 5.74) is 4.39. The Balaban J connectivity index is 1.80. The zero-order chi connectivity index (χ0) is 19.8. The number of carbonyl (C=O) groups is 1. The summed E-state index contributed by atoms with van der Waals surface area (Å²) < 4.78 is 1.42. The highest BCUT2D eigenvalue weighted by Gasteiger charge is 2.18. The number of hydrogen-bond acceptors (Lipinski definition) is 4. The Labute approximate surface area is 167 Å². The van der Waals surface area contributed by atoms with Crippen LogP contribution in [0.15, 0.2) is 59.7 Å². The normalized spacial score (nSPS) is 11.1. The third-order valence-electron chi connectivity index (χ3n) is 4.91. The second-order valence-corrected chi connectivity index (χ2v) is 8.20. The number of benzene rings is 2. The fourth-order valence-electron chi connectivity index (χ4n) is 3.57. The number of aromatic nitrogens is 2. The molecule has 4 aromatic rings. The molecule has 5 heteroatoms. The van der Waals surface area contributed by atoms with Crippen LogP contribution in [-0.2, 0) is 6.54 Å². The third kappa shape index (κ3) is 3.18. The molecule has 140 valence electrons. The smallest absolute Gasteiger partial charge is 0.263 e. The van der Waals surface area contributed by atoms with E-state index in [2.05, 4.69) is 4.98 Å². The van der Waals surface area contributed by atoms with E-state index in [4.69, 9.17) is 0 Å². The molecular formula is C23H20N2O2S. The largest absolute Gasteiger partial charge is 0.292 e. The van der Waals surface area contributed by atoms with Crippen molar-refractivity contribution in [2.24, 2.45) is 0 Å². The van der Waals surface area contributed by atoms with Crippen molar-refractivity contribution in [1.82, 2.24) is 9.55 Å².